The molecular weight excluding hydrogens is 303 g/mol. The van der Waals surface area contributed by atoms with Crippen molar-refractivity contribution in [3.05, 3.63) is 35.4 Å². The van der Waals surface area contributed by atoms with Gasteiger partial charge in [-0.15, -0.1) is 0 Å². The molecule has 5 nitrogen and oxygen atoms in total. The fourth-order valence-corrected chi connectivity index (χ4v) is 1.68. The molecule has 1 rings (SSSR count). The molecular formula is C14H14F3NO4. The number of aliphatic carboxylic acids is 1. The lowest BCUT2D eigenvalue weighted by Gasteiger charge is -2.14. The fourth-order valence-electron chi connectivity index (χ4n) is 1.68. The van der Waals surface area contributed by atoms with Gasteiger partial charge in [-0.25, -0.2) is 4.79 Å². The zero-order valence-corrected chi connectivity index (χ0v) is 11.6. The Morgan fingerprint density at radius 3 is 2.41 bits per heavy atom. The Morgan fingerprint density at radius 2 is 1.91 bits per heavy atom. The number of carboxylic acid groups (broad SMARTS) is 1. The molecule has 0 aliphatic rings. The Bertz CT molecular complexity index is 584. The summed E-state index contributed by atoms with van der Waals surface area (Å²) in [5, 5.41) is 11.1. The molecule has 1 aromatic carbocycles. The van der Waals surface area contributed by atoms with Crippen molar-refractivity contribution >= 4 is 17.7 Å². The number of carboxylic acids is 1. The smallest absolute Gasteiger partial charge is 0.416 e. The number of hydrogen-bond donors (Lipinski definition) is 2. The zero-order chi connectivity index (χ0) is 16.9. The normalized spacial score (nSPS) is 12.5. The maximum absolute atomic E-state index is 12.6. The quantitative estimate of drug-likeness (QED) is 0.843. The molecule has 1 atom stereocenters. The van der Waals surface area contributed by atoms with E-state index in [-0.39, 0.29) is 24.2 Å². The molecule has 1 aromatic rings. The molecule has 0 saturated carbocycles. The number of nitrogens with one attached hydrogen (secondary N) is 1. The third-order valence-corrected chi connectivity index (χ3v) is 2.84. The summed E-state index contributed by atoms with van der Waals surface area (Å²) in [5.74, 6) is -2.55. The molecule has 0 fully saturated rings. The van der Waals surface area contributed by atoms with Crippen LogP contribution in [0.5, 0.6) is 0 Å². The molecule has 1 amide bonds. The fraction of sp³-hybridized carbons (Fsp3) is 0.357. The molecule has 0 spiro atoms. The van der Waals surface area contributed by atoms with Crippen LogP contribution in [0.4, 0.5) is 13.2 Å². The summed E-state index contributed by atoms with van der Waals surface area (Å²) in [6.45, 7) is 1.27. The van der Waals surface area contributed by atoms with E-state index in [0.717, 1.165) is 18.2 Å². The number of rotatable bonds is 6. The predicted octanol–water partition coefficient (Wildman–Crippen LogP) is 2.26. The van der Waals surface area contributed by atoms with E-state index in [2.05, 4.69) is 5.32 Å². The maximum Gasteiger partial charge on any atom is 0.416 e. The highest BCUT2D eigenvalue weighted by molar-refractivity contribution is 5.96. The number of carbonyl (C=O) groups excluding carboxylic acids is 2. The van der Waals surface area contributed by atoms with E-state index in [4.69, 9.17) is 5.11 Å². The average Bonchev–Trinajstić information content (AvgIpc) is 2.41. The van der Waals surface area contributed by atoms with Crippen LogP contribution in [0, 0.1) is 0 Å². The van der Waals surface area contributed by atoms with Gasteiger partial charge >= 0.3 is 12.1 Å². The van der Waals surface area contributed by atoms with Gasteiger partial charge in [0.05, 0.1) is 5.56 Å². The third kappa shape index (κ3) is 5.19. The molecule has 22 heavy (non-hydrogen) atoms. The summed E-state index contributed by atoms with van der Waals surface area (Å²) < 4.78 is 37.7. The van der Waals surface area contributed by atoms with Crippen molar-refractivity contribution < 1.29 is 32.7 Å². The predicted molar refractivity (Wildman–Crippen MR) is 70.2 cm³/mol. The van der Waals surface area contributed by atoms with Gasteiger partial charge in [0, 0.05) is 12.0 Å². The van der Waals surface area contributed by atoms with Gasteiger partial charge in [-0.3, -0.25) is 4.79 Å². The van der Waals surface area contributed by atoms with Gasteiger partial charge in [-0.1, -0.05) is 6.07 Å². The van der Waals surface area contributed by atoms with Crippen molar-refractivity contribution in [2.24, 2.45) is 0 Å². The number of amides is 1. The van der Waals surface area contributed by atoms with Crippen molar-refractivity contribution in [3.63, 3.8) is 0 Å². The van der Waals surface area contributed by atoms with Crippen LogP contribution in [0.25, 0.3) is 0 Å². The first kappa shape index (κ1) is 17.7. The minimum absolute atomic E-state index is 0.0557. The number of ketones is 1. The second-order valence-electron chi connectivity index (χ2n) is 4.68. The Balaban J connectivity index is 2.86. The molecule has 0 unspecified atom stereocenters. The highest BCUT2D eigenvalue weighted by Crippen LogP contribution is 2.29. The van der Waals surface area contributed by atoms with E-state index in [1.165, 1.54) is 6.92 Å². The highest BCUT2D eigenvalue weighted by atomic mass is 19.4. The minimum Gasteiger partial charge on any atom is -0.480 e. The first-order valence-electron chi connectivity index (χ1n) is 6.31. The Hall–Kier alpha value is -2.38. The summed E-state index contributed by atoms with van der Waals surface area (Å²) in [7, 11) is 0. The number of hydrogen-bond acceptors (Lipinski definition) is 3. The first-order valence-corrected chi connectivity index (χ1v) is 6.31. The summed E-state index contributed by atoms with van der Waals surface area (Å²) in [6, 6.07) is 2.31. The van der Waals surface area contributed by atoms with Crippen molar-refractivity contribution in [1.82, 2.24) is 5.32 Å². The molecule has 8 heteroatoms. The Labute approximate surface area is 124 Å². The number of halogens is 3. The Morgan fingerprint density at radius 1 is 1.27 bits per heavy atom. The second-order valence-corrected chi connectivity index (χ2v) is 4.68. The monoisotopic (exact) mass is 317 g/mol. The van der Waals surface area contributed by atoms with Crippen molar-refractivity contribution in [3.8, 4) is 0 Å². The van der Waals surface area contributed by atoms with Gasteiger partial charge in [0.25, 0.3) is 5.91 Å². The third-order valence-electron chi connectivity index (χ3n) is 2.84. The molecule has 0 aromatic heterocycles. The van der Waals surface area contributed by atoms with Crippen LogP contribution in [0.3, 0.4) is 0 Å². The van der Waals surface area contributed by atoms with Gasteiger partial charge in [-0.05, 0) is 31.5 Å². The summed E-state index contributed by atoms with van der Waals surface area (Å²) >= 11 is 0. The lowest BCUT2D eigenvalue weighted by atomic mass is 10.1. The average molecular weight is 317 g/mol. The molecule has 0 aliphatic carbocycles. The van der Waals surface area contributed by atoms with Crippen LogP contribution in [0.15, 0.2) is 24.3 Å². The van der Waals surface area contributed by atoms with Crippen LogP contribution in [-0.4, -0.2) is 28.8 Å². The van der Waals surface area contributed by atoms with E-state index in [9.17, 15) is 27.6 Å². The molecule has 120 valence electrons. The number of carbonyl (C=O) groups is 3. The molecule has 0 saturated heterocycles. The zero-order valence-electron chi connectivity index (χ0n) is 11.6. The first-order chi connectivity index (χ1) is 10.1. The van der Waals surface area contributed by atoms with E-state index in [1.807, 2.05) is 0 Å². The van der Waals surface area contributed by atoms with Crippen LogP contribution >= 0.6 is 0 Å². The standard InChI is InChI=1S/C14H14F3NO4/c1-8(19)5-6-11(13(21)22)18-12(20)9-3-2-4-10(7-9)14(15,16)17/h2-4,7,11H,5-6H2,1H3,(H,18,20)(H,21,22)/t11-/m1/s1. The highest BCUT2D eigenvalue weighted by Gasteiger charge is 2.31. The number of alkyl halides is 3. The van der Waals surface area contributed by atoms with E-state index in [0.29, 0.717) is 6.07 Å². The number of Topliss-reactive ketones (excluding diaryl/α,β-unsaturated/α-hetero) is 1. The van der Waals surface area contributed by atoms with Gasteiger partial charge < -0.3 is 15.2 Å². The topological polar surface area (TPSA) is 83.5 Å². The molecule has 0 heterocycles. The lowest BCUT2D eigenvalue weighted by molar-refractivity contribution is -0.140. The maximum atomic E-state index is 12.6. The summed E-state index contributed by atoms with van der Waals surface area (Å²) in [5.41, 5.74) is -1.31. The minimum atomic E-state index is -4.60. The molecule has 0 aliphatic heterocycles. The number of benzene rings is 1. The molecule has 2 N–H and O–H groups in total. The molecule has 0 bridgehead atoms. The van der Waals surface area contributed by atoms with Crippen LogP contribution < -0.4 is 5.32 Å². The summed E-state index contributed by atoms with van der Waals surface area (Å²) in [4.78, 5) is 33.7. The van der Waals surface area contributed by atoms with E-state index in [1.54, 1.807) is 0 Å². The Kier molecular flexibility index (Phi) is 5.67. The van der Waals surface area contributed by atoms with Crippen LogP contribution in [0.2, 0.25) is 0 Å². The lowest BCUT2D eigenvalue weighted by Crippen LogP contribution is -2.41. The largest absolute Gasteiger partial charge is 0.480 e. The summed E-state index contributed by atoms with van der Waals surface area (Å²) in [6.07, 6.45) is -4.79. The second kappa shape index (κ2) is 7.06. The van der Waals surface area contributed by atoms with Gasteiger partial charge in [-0.2, -0.15) is 13.2 Å². The van der Waals surface area contributed by atoms with Gasteiger partial charge in [0.1, 0.15) is 11.8 Å². The van der Waals surface area contributed by atoms with Crippen LogP contribution in [-0.2, 0) is 15.8 Å². The van der Waals surface area contributed by atoms with Crippen molar-refractivity contribution in [2.75, 3.05) is 0 Å². The van der Waals surface area contributed by atoms with Crippen molar-refractivity contribution in [2.45, 2.75) is 32.0 Å². The van der Waals surface area contributed by atoms with Gasteiger partial charge in [0.2, 0.25) is 0 Å². The van der Waals surface area contributed by atoms with E-state index < -0.39 is 29.7 Å². The van der Waals surface area contributed by atoms with Gasteiger partial charge in [0.15, 0.2) is 0 Å². The van der Waals surface area contributed by atoms with Crippen LogP contribution in [0.1, 0.15) is 35.7 Å². The van der Waals surface area contributed by atoms with Crippen molar-refractivity contribution in [1.29, 1.82) is 0 Å². The SMILES string of the molecule is CC(=O)CC[C@@H](NC(=O)c1cccc(C(F)(F)F)c1)C(=O)O. The molecule has 0 radical (unpaired) electrons. The van der Waals surface area contributed by atoms with E-state index >= 15 is 0 Å².